The van der Waals surface area contributed by atoms with E-state index in [1.165, 1.54) is 0 Å². The van der Waals surface area contributed by atoms with E-state index in [-0.39, 0.29) is 5.76 Å². The van der Waals surface area contributed by atoms with E-state index < -0.39 is 23.6 Å². The smallest absolute Gasteiger partial charge is 0.324 e. The Balaban J connectivity index is 2.33. The molecule has 20 heavy (non-hydrogen) atoms. The lowest BCUT2D eigenvalue weighted by atomic mass is 10.1. The van der Waals surface area contributed by atoms with E-state index in [2.05, 4.69) is 9.47 Å². The molecule has 0 aromatic heterocycles. The molecule has 6 heteroatoms. The molecule has 104 valence electrons. The van der Waals surface area contributed by atoms with Gasteiger partial charge >= 0.3 is 11.9 Å². The fraction of sp³-hybridized carbons (Fsp3) is 0.214. The third-order valence-corrected chi connectivity index (χ3v) is 2.80. The molecule has 6 nitrogen and oxygen atoms in total. The Bertz CT molecular complexity index is 585. The fourth-order valence-corrected chi connectivity index (χ4v) is 1.79. The molecule has 0 fully saturated rings. The minimum atomic E-state index is -1.33. The topological polar surface area (TPSA) is 78.9 Å². The quantitative estimate of drug-likeness (QED) is 0.467. The number of carbonyl (C=O) groups excluding carboxylic acids is 3. The second kappa shape index (κ2) is 5.56. The van der Waals surface area contributed by atoms with Crippen LogP contribution in [0.1, 0.15) is 10.4 Å². The molecule has 0 spiro atoms. The number of hydrogen-bond donors (Lipinski definition) is 0. The molecule has 1 aromatic carbocycles. The van der Waals surface area contributed by atoms with Crippen molar-refractivity contribution in [2.24, 2.45) is 5.92 Å². The molecule has 0 N–H and O–H groups in total. The van der Waals surface area contributed by atoms with Crippen LogP contribution >= 0.6 is 0 Å². The van der Waals surface area contributed by atoms with E-state index in [4.69, 9.17) is 4.74 Å². The molecule has 1 heterocycles. The summed E-state index contributed by atoms with van der Waals surface area (Å²) in [5, 5.41) is 0. The monoisotopic (exact) mass is 276 g/mol. The standard InChI is InChI=1S/C14H12O6/c1-18-13(16)9(14(17)19-2)7-11-12(15)8-5-3-4-6-10(8)20-11/h3-7,9H,1-2H3/b11-7+. The molecule has 0 aliphatic carbocycles. The maximum absolute atomic E-state index is 12.1. The van der Waals surface area contributed by atoms with Gasteiger partial charge in [-0.3, -0.25) is 14.4 Å². The summed E-state index contributed by atoms with van der Waals surface area (Å²) in [6.07, 6.45) is 1.11. The van der Waals surface area contributed by atoms with Gasteiger partial charge in [0.05, 0.1) is 19.8 Å². The lowest BCUT2D eigenvalue weighted by Crippen LogP contribution is -2.25. The highest BCUT2D eigenvalue weighted by atomic mass is 16.5. The van der Waals surface area contributed by atoms with Gasteiger partial charge in [0, 0.05) is 0 Å². The first-order valence-electron chi connectivity index (χ1n) is 5.77. The Morgan fingerprint density at radius 1 is 1.15 bits per heavy atom. The van der Waals surface area contributed by atoms with Crippen molar-refractivity contribution in [3.05, 3.63) is 41.7 Å². The van der Waals surface area contributed by atoms with Crippen LogP contribution in [-0.2, 0) is 19.1 Å². The van der Waals surface area contributed by atoms with Gasteiger partial charge in [0.15, 0.2) is 11.7 Å². The Hall–Kier alpha value is -2.63. The minimum absolute atomic E-state index is 0.0907. The van der Waals surface area contributed by atoms with Gasteiger partial charge in [0.1, 0.15) is 5.75 Å². The molecule has 1 aliphatic rings. The number of methoxy groups -OCH3 is 2. The number of rotatable bonds is 3. The van der Waals surface area contributed by atoms with Crippen LogP contribution in [-0.4, -0.2) is 31.9 Å². The molecule has 1 aromatic rings. The van der Waals surface area contributed by atoms with Crippen LogP contribution in [0.2, 0.25) is 0 Å². The van der Waals surface area contributed by atoms with Crippen molar-refractivity contribution in [3.8, 4) is 5.75 Å². The number of carbonyl (C=O) groups is 3. The second-order valence-electron chi connectivity index (χ2n) is 3.98. The van der Waals surface area contributed by atoms with E-state index >= 15 is 0 Å². The molecule has 0 saturated heterocycles. The van der Waals surface area contributed by atoms with Crippen molar-refractivity contribution in [3.63, 3.8) is 0 Å². The number of ether oxygens (including phenoxy) is 3. The zero-order valence-electron chi connectivity index (χ0n) is 10.9. The Morgan fingerprint density at radius 3 is 2.30 bits per heavy atom. The van der Waals surface area contributed by atoms with Crippen LogP contribution in [0, 0.1) is 5.92 Å². The van der Waals surface area contributed by atoms with E-state index in [0.29, 0.717) is 11.3 Å². The number of hydrogen-bond acceptors (Lipinski definition) is 6. The number of esters is 2. The normalized spacial score (nSPS) is 14.9. The van der Waals surface area contributed by atoms with Crippen molar-refractivity contribution in [2.75, 3.05) is 14.2 Å². The molecular formula is C14H12O6. The summed E-state index contributed by atoms with van der Waals surface area (Å²) >= 11 is 0. The highest BCUT2D eigenvalue weighted by Crippen LogP contribution is 2.31. The zero-order valence-corrected chi connectivity index (χ0v) is 10.9. The van der Waals surface area contributed by atoms with Gasteiger partial charge in [-0.15, -0.1) is 0 Å². The number of ketones is 1. The summed E-state index contributed by atoms with van der Waals surface area (Å²) in [6.45, 7) is 0. The second-order valence-corrected chi connectivity index (χ2v) is 3.98. The SMILES string of the molecule is COC(=O)C(/C=C1/Oc2ccccc2C1=O)C(=O)OC. The minimum Gasteiger partial charge on any atom is -0.468 e. The van der Waals surface area contributed by atoms with E-state index in [1.54, 1.807) is 24.3 Å². The van der Waals surface area contributed by atoms with E-state index in [1.807, 2.05) is 0 Å². The Morgan fingerprint density at radius 2 is 1.75 bits per heavy atom. The first-order chi connectivity index (χ1) is 9.58. The summed E-state index contributed by atoms with van der Waals surface area (Å²) < 4.78 is 14.3. The first-order valence-corrected chi connectivity index (χ1v) is 5.77. The van der Waals surface area contributed by atoms with Crippen molar-refractivity contribution >= 4 is 17.7 Å². The van der Waals surface area contributed by atoms with Gasteiger partial charge < -0.3 is 14.2 Å². The molecule has 2 rings (SSSR count). The number of Topliss-reactive ketones (excluding diaryl/α,β-unsaturated/α-hetero) is 1. The number of fused-ring (bicyclic) bond motifs is 1. The predicted octanol–water partition coefficient (Wildman–Crippen LogP) is 1.11. The van der Waals surface area contributed by atoms with Crippen molar-refractivity contribution in [1.82, 2.24) is 0 Å². The van der Waals surface area contributed by atoms with Crippen molar-refractivity contribution in [1.29, 1.82) is 0 Å². The van der Waals surface area contributed by atoms with Crippen LogP contribution in [0.4, 0.5) is 0 Å². The third-order valence-electron chi connectivity index (χ3n) is 2.80. The molecule has 0 radical (unpaired) electrons. The van der Waals surface area contributed by atoms with Crippen LogP contribution in [0.5, 0.6) is 5.75 Å². The highest BCUT2D eigenvalue weighted by molar-refractivity contribution is 6.13. The van der Waals surface area contributed by atoms with Gasteiger partial charge in [-0.05, 0) is 18.2 Å². The summed E-state index contributed by atoms with van der Waals surface area (Å²) in [4.78, 5) is 35.1. The number of benzene rings is 1. The number of para-hydroxylation sites is 1. The fourth-order valence-electron chi connectivity index (χ4n) is 1.79. The Kier molecular flexibility index (Phi) is 3.84. The van der Waals surface area contributed by atoms with Crippen LogP contribution in [0.25, 0.3) is 0 Å². The third kappa shape index (κ3) is 2.40. The number of allylic oxidation sites excluding steroid dienone is 1. The van der Waals surface area contributed by atoms with E-state index in [9.17, 15) is 14.4 Å². The summed E-state index contributed by atoms with van der Waals surface area (Å²) in [5.41, 5.74) is 0.382. The van der Waals surface area contributed by atoms with Gasteiger partial charge in [0.25, 0.3) is 0 Å². The van der Waals surface area contributed by atoms with Crippen molar-refractivity contribution in [2.45, 2.75) is 0 Å². The lowest BCUT2D eigenvalue weighted by molar-refractivity contribution is -0.156. The van der Waals surface area contributed by atoms with E-state index in [0.717, 1.165) is 20.3 Å². The maximum Gasteiger partial charge on any atom is 0.324 e. The molecule has 0 saturated carbocycles. The predicted molar refractivity (Wildman–Crippen MR) is 67.0 cm³/mol. The van der Waals surface area contributed by atoms with Crippen LogP contribution in [0.15, 0.2) is 36.1 Å². The summed E-state index contributed by atoms with van der Waals surface area (Å²) in [6, 6.07) is 6.64. The molecule has 0 bridgehead atoms. The maximum atomic E-state index is 12.1. The van der Waals surface area contributed by atoms with Crippen molar-refractivity contribution < 1.29 is 28.6 Å². The van der Waals surface area contributed by atoms with Crippen LogP contribution in [0.3, 0.4) is 0 Å². The molecular weight excluding hydrogens is 264 g/mol. The summed E-state index contributed by atoms with van der Waals surface area (Å²) in [5.74, 6) is -3.07. The lowest BCUT2D eigenvalue weighted by Gasteiger charge is -2.08. The zero-order chi connectivity index (χ0) is 14.7. The average Bonchev–Trinajstić information content (AvgIpc) is 2.80. The molecule has 0 unspecified atom stereocenters. The largest absolute Gasteiger partial charge is 0.468 e. The van der Waals surface area contributed by atoms with Crippen LogP contribution < -0.4 is 4.74 Å². The average molecular weight is 276 g/mol. The molecule has 0 atom stereocenters. The Labute approximate surface area is 114 Å². The molecule has 0 amide bonds. The van der Waals surface area contributed by atoms with Gasteiger partial charge in [-0.1, -0.05) is 12.1 Å². The highest BCUT2D eigenvalue weighted by Gasteiger charge is 2.33. The first kappa shape index (κ1) is 13.8. The van der Waals surface area contributed by atoms with Gasteiger partial charge in [-0.25, -0.2) is 0 Å². The molecule has 1 aliphatic heterocycles. The van der Waals surface area contributed by atoms with Gasteiger partial charge in [-0.2, -0.15) is 0 Å². The van der Waals surface area contributed by atoms with Gasteiger partial charge in [0.2, 0.25) is 5.78 Å². The summed E-state index contributed by atoms with van der Waals surface area (Å²) in [7, 11) is 2.28.